The fraction of sp³-hybridized carbons (Fsp3) is 0. The summed E-state index contributed by atoms with van der Waals surface area (Å²) in [4.78, 5) is 0.979. The van der Waals surface area contributed by atoms with Gasteiger partial charge < -0.3 is 0 Å². The number of halogens is 1. The molecule has 0 radical (unpaired) electrons. The predicted molar refractivity (Wildman–Crippen MR) is 48.5 cm³/mol. The van der Waals surface area contributed by atoms with E-state index in [0.717, 1.165) is 9.37 Å². The van der Waals surface area contributed by atoms with Crippen LogP contribution in [0.3, 0.4) is 0 Å². The number of thiol groups is 1. The van der Waals surface area contributed by atoms with Gasteiger partial charge in [0, 0.05) is 9.37 Å². The van der Waals surface area contributed by atoms with Crippen molar-refractivity contribution < 1.29 is 0 Å². The molecule has 9 heavy (non-hydrogen) atoms. The molecule has 1 rings (SSSR count). The van der Waals surface area contributed by atoms with E-state index >= 15 is 0 Å². The Morgan fingerprint density at radius 3 is 2.11 bits per heavy atom. The van der Waals surface area contributed by atoms with Crippen LogP contribution in [0.2, 0.25) is 0 Å². The zero-order valence-corrected chi connectivity index (χ0v) is 6.62. The molecule has 0 spiro atoms. The van der Waals surface area contributed by atoms with Crippen molar-refractivity contribution in [3.63, 3.8) is 0 Å². The summed E-state index contributed by atoms with van der Waals surface area (Å²) in [6.45, 7) is 0. The van der Waals surface area contributed by atoms with Crippen LogP contribution in [0.1, 0.15) is 0 Å². The van der Waals surface area contributed by atoms with Crippen molar-refractivity contribution >= 4 is 58.1 Å². The summed E-state index contributed by atoms with van der Waals surface area (Å²) in [5.74, 6) is 0. The summed E-state index contributed by atoms with van der Waals surface area (Å²) in [6, 6.07) is 7.81. The molecule has 0 aliphatic carbocycles. The Morgan fingerprint density at radius 1 is 1.22 bits per heavy atom. The second-order valence-electron chi connectivity index (χ2n) is 1.45. The Balaban J connectivity index is 0.000000640. The first kappa shape index (κ1) is 10.0. The molecular weight excluding hydrogens is 207 g/mol. The molecule has 0 aliphatic rings. The monoisotopic (exact) mass is 212 g/mol. The van der Waals surface area contributed by atoms with Gasteiger partial charge in [-0.1, -0.05) is 12.1 Å². The van der Waals surface area contributed by atoms with Crippen LogP contribution in [-0.4, -0.2) is 29.6 Å². The molecular formula is C6H6BrNaS. The van der Waals surface area contributed by atoms with E-state index in [2.05, 4.69) is 28.6 Å². The standard InChI is InChI=1S/C6H5BrS.Na.H/c7-5-3-1-2-4-6(5)8;;/h1-4,8H;;. The molecule has 0 saturated heterocycles. The van der Waals surface area contributed by atoms with Gasteiger partial charge in [0.05, 0.1) is 0 Å². The Bertz CT molecular complexity index is 169. The summed E-state index contributed by atoms with van der Waals surface area (Å²) in [7, 11) is 0. The van der Waals surface area contributed by atoms with Crippen molar-refractivity contribution in [2.24, 2.45) is 0 Å². The van der Waals surface area contributed by atoms with Gasteiger partial charge in [0.1, 0.15) is 0 Å². The van der Waals surface area contributed by atoms with E-state index in [0.29, 0.717) is 0 Å². The van der Waals surface area contributed by atoms with Crippen molar-refractivity contribution in [3.05, 3.63) is 28.7 Å². The molecule has 0 N–H and O–H groups in total. The molecule has 44 valence electrons. The molecule has 0 heterocycles. The molecule has 3 heteroatoms. The zero-order chi connectivity index (χ0) is 5.98. The molecule has 0 bridgehead atoms. The third kappa shape index (κ3) is 3.10. The van der Waals surface area contributed by atoms with Crippen LogP contribution in [0, 0.1) is 0 Å². The van der Waals surface area contributed by atoms with Crippen LogP contribution in [0.5, 0.6) is 0 Å². The van der Waals surface area contributed by atoms with Crippen LogP contribution in [0.15, 0.2) is 33.6 Å². The molecule has 0 aromatic heterocycles. The summed E-state index contributed by atoms with van der Waals surface area (Å²) in [5, 5.41) is 0. The summed E-state index contributed by atoms with van der Waals surface area (Å²) >= 11 is 7.47. The molecule has 0 saturated carbocycles. The first-order valence-electron chi connectivity index (χ1n) is 2.24. The molecule has 0 fully saturated rings. The normalized spacial score (nSPS) is 8.22. The molecule has 0 atom stereocenters. The van der Waals surface area contributed by atoms with Gasteiger partial charge >= 0.3 is 29.6 Å². The third-order valence-electron chi connectivity index (χ3n) is 0.852. The molecule has 0 aliphatic heterocycles. The summed E-state index contributed by atoms with van der Waals surface area (Å²) in [6.07, 6.45) is 0. The summed E-state index contributed by atoms with van der Waals surface area (Å²) < 4.78 is 1.04. The van der Waals surface area contributed by atoms with Crippen molar-refractivity contribution in [2.45, 2.75) is 4.90 Å². The number of hydrogen-bond acceptors (Lipinski definition) is 1. The SMILES string of the molecule is Sc1ccccc1Br.[NaH]. The molecule has 1 aromatic rings. The Hall–Kier alpha value is 1.05. The van der Waals surface area contributed by atoms with Crippen molar-refractivity contribution in [1.29, 1.82) is 0 Å². The van der Waals surface area contributed by atoms with E-state index in [9.17, 15) is 0 Å². The minimum absolute atomic E-state index is 0. The van der Waals surface area contributed by atoms with Crippen LogP contribution < -0.4 is 0 Å². The fourth-order valence-electron chi connectivity index (χ4n) is 0.452. The zero-order valence-electron chi connectivity index (χ0n) is 4.13. The van der Waals surface area contributed by atoms with E-state index < -0.39 is 0 Å². The summed E-state index contributed by atoms with van der Waals surface area (Å²) in [5.41, 5.74) is 0. The topological polar surface area (TPSA) is 0 Å². The van der Waals surface area contributed by atoms with Crippen LogP contribution in [0.4, 0.5) is 0 Å². The third-order valence-corrected chi connectivity index (χ3v) is 2.24. The van der Waals surface area contributed by atoms with E-state index in [-0.39, 0.29) is 29.6 Å². The Labute approximate surface area is 90.9 Å². The van der Waals surface area contributed by atoms with E-state index in [1.807, 2.05) is 24.3 Å². The van der Waals surface area contributed by atoms with Crippen LogP contribution >= 0.6 is 28.6 Å². The molecule has 0 amide bonds. The van der Waals surface area contributed by atoms with Gasteiger partial charge in [-0.2, -0.15) is 0 Å². The average Bonchev–Trinajstić information content (AvgIpc) is 1.77. The Morgan fingerprint density at radius 2 is 1.78 bits per heavy atom. The first-order chi connectivity index (χ1) is 3.80. The van der Waals surface area contributed by atoms with E-state index in [4.69, 9.17) is 0 Å². The van der Waals surface area contributed by atoms with E-state index in [1.165, 1.54) is 0 Å². The molecule has 0 nitrogen and oxygen atoms in total. The average molecular weight is 213 g/mol. The van der Waals surface area contributed by atoms with Gasteiger partial charge in [0.25, 0.3) is 0 Å². The van der Waals surface area contributed by atoms with Gasteiger partial charge in [0.15, 0.2) is 0 Å². The van der Waals surface area contributed by atoms with Crippen LogP contribution in [-0.2, 0) is 0 Å². The quantitative estimate of drug-likeness (QED) is 0.495. The van der Waals surface area contributed by atoms with Crippen molar-refractivity contribution in [3.8, 4) is 0 Å². The number of rotatable bonds is 0. The Kier molecular flexibility index (Phi) is 5.36. The number of hydrogen-bond donors (Lipinski definition) is 1. The van der Waals surface area contributed by atoms with Gasteiger partial charge in [-0.05, 0) is 28.1 Å². The van der Waals surface area contributed by atoms with Gasteiger partial charge in [-0.15, -0.1) is 12.6 Å². The minimum atomic E-state index is 0. The van der Waals surface area contributed by atoms with E-state index in [1.54, 1.807) is 0 Å². The molecule has 0 unspecified atom stereocenters. The maximum absolute atomic E-state index is 4.15. The maximum atomic E-state index is 4.15. The van der Waals surface area contributed by atoms with Crippen LogP contribution in [0.25, 0.3) is 0 Å². The van der Waals surface area contributed by atoms with Crippen molar-refractivity contribution in [1.82, 2.24) is 0 Å². The van der Waals surface area contributed by atoms with Gasteiger partial charge in [-0.25, -0.2) is 0 Å². The second kappa shape index (κ2) is 4.80. The van der Waals surface area contributed by atoms with Crippen molar-refractivity contribution in [2.75, 3.05) is 0 Å². The first-order valence-corrected chi connectivity index (χ1v) is 3.48. The molecule has 1 aromatic carbocycles. The van der Waals surface area contributed by atoms with Gasteiger partial charge in [-0.3, -0.25) is 0 Å². The second-order valence-corrected chi connectivity index (χ2v) is 2.79. The number of benzene rings is 1. The van der Waals surface area contributed by atoms with Gasteiger partial charge in [0.2, 0.25) is 0 Å². The predicted octanol–water partition coefficient (Wildman–Crippen LogP) is 2.09. The fourth-order valence-corrected chi connectivity index (χ4v) is 0.897.